The molecule has 0 radical (unpaired) electrons. The molecule has 1 aliphatic heterocycles. The molecule has 1 aromatic heterocycles. The zero-order valence-corrected chi connectivity index (χ0v) is 12.5. The Kier molecular flexibility index (Phi) is 4.26. The van der Waals surface area contributed by atoms with E-state index in [4.69, 9.17) is 5.11 Å². The zero-order valence-electron chi connectivity index (χ0n) is 12.5. The van der Waals surface area contributed by atoms with Crippen LogP contribution in [-0.4, -0.2) is 34.1 Å². The molecule has 110 valence electrons. The van der Waals surface area contributed by atoms with Gasteiger partial charge in [-0.25, -0.2) is 9.97 Å². The normalized spacial score (nSPS) is 19.9. The first-order valence-corrected chi connectivity index (χ1v) is 7.14. The van der Waals surface area contributed by atoms with Crippen LogP contribution in [0.15, 0.2) is 12.4 Å². The third-order valence-corrected chi connectivity index (χ3v) is 3.52. The lowest BCUT2D eigenvalue weighted by atomic mass is 9.90. The Morgan fingerprint density at radius 2 is 2.20 bits per heavy atom. The molecule has 20 heavy (non-hydrogen) atoms. The maximum atomic E-state index is 11.1. The summed E-state index contributed by atoms with van der Waals surface area (Å²) in [5, 5.41) is 9.15. The molecule has 0 bridgehead atoms. The summed E-state index contributed by atoms with van der Waals surface area (Å²) < 4.78 is 0. The summed E-state index contributed by atoms with van der Waals surface area (Å²) in [6.07, 6.45) is 4.13. The first-order valence-electron chi connectivity index (χ1n) is 7.14. The fraction of sp³-hybridized carbons (Fsp3) is 0.667. The van der Waals surface area contributed by atoms with E-state index in [9.17, 15) is 4.79 Å². The van der Waals surface area contributed by atoms with Crippen LogP contribution in [0.3, 0.4) is 0 Å². The number of nitrogens with zero attached hydrogens (tertiary/aromatic N) is 3. The van der Waals surface area contributed by atoms with Crippen LogP contribution in [0.5, 0.6) is 0 Å². The topological polar surface area (TPSA) is 66.3 Å². The van der Waals surface area contributed by atoms with Crippen molar-refractivity contribution >= 4 is 11.8 Å². The van der Waals surface area contributed by atoms with Gasteiger partial charge in [0.05, 0.1) is 5.92 Å². The van der Waals surface area contributed by atoms with Crippen molar-refractivity contribution in [3.63, 3.8) is 0 Å². The molecule has 1 aromatic rings. The number of carboxylic acids is 1. The van der Waals surface area contributed by atoms with Gasteiger partial charge in [-0.15, -0.1) is 0 Å². The number of rotatable bonds is 3. The number of aromatic nitrogens is 2. The molecular formula is C15H23N3O2. The number of hydrogen-bond donors (Lipinski definition) is 1. The van der Waals surface area contributed by atoms with E-state index in [1.54, 1.807) is 6.33 Å². The lowest BCUT2D eigenvalue weighted by Crippen LogP contribution is -2.39. The van der Waals surface area contributed by atoms with Crippen molar-refractivity contribution in [2.75, 3.05) is 18.0 Å². The first kappa shape index (κ1) is 14.8. The summed E-state index contributed by atoms with van der Waals surface area (Å²) in [5.41, 5.74) is 1.19. The van der Waals surface area contributed by atoms with Crippen LogP contribution >= 0.6 is 0 Å². The average Bonchev–Trinajstić information content (AvgIpc) is 2.37. The van der Waals surface area contributed by atoms with Crippen molar-refractivity contribution in [2.24, 2.45) is 11.3 Å². The van der Waals surface area contributed by atoms with Crippen molar-refractivity contribution in [2.45, 2.75) is 40.0 Å². The Bertz CT molecular complexity index is 482. The van der Waals surface area contributed by atoms with Gasteiger partial charge in [0.1, 0.15) is 12.1 Å². The Labute approximate surface area is 120 Å². The molecule has 5 nitrogen and oxygen atoms in total. The van der Waals surface area contributed by atoms with Crippen LogP contribution in [0.25, 0.3) is 0 Å². The Morgan fingerprint density at radius 1 is 1.45 bits per heavy atom. The fourth-order valence-electron chi connectivity index (χ4n) is 2.59. The summed E-state index contributed by atoms with van der Waals surface area (Å²) in [4.78, 5) is 21.8. The van der Waals surface area contributed by atoms with E-state index in [-0.39, 0.29) is 11.3 Å². The fourth-order valence-corrected chi connectivity index (χ4v) is 2.59. The van der Waals surface area contributed by atoms with E-state index in [0.29, 0.717) is 6.54 Å². The summed E-state index contributed by atoms with van der Waals surface area (Å²) in [6.45, 7) is 7.94. The molecule has 1 fully saturated rings. The van der Waals surface area contributed by atoms with Gasteiger partial charge in [-0.2, -0.15) is 0 Å². The number of piperidine rings is 1. The molecule has 2 rings (SSSR count). The molecule has 0 saturated carbocycles. The molecule has 5 heteroatoms. The minimum atomic E-state index is -0.710. The third kappa shape index (κ3) is 3.92. The van der Waals surface area contributed by atoms with Crippen LogP contribution in [-0.2, 0) is 11.2 Å². The van der Waals surface area contributed by atoms with E-state index >= 15 is 0 Å². The molecular weight excluding hydrogens is 254 g/mol. The van der Waals surface area contributed by atoms with Crippen molar-refractivity contribution in [1.82, 2.24) is 9.97 Å². The van der Waals surface area contributed by atoms with Gasteiger partial charge in [0.15, 0.2) is 0 Å². The number of carbonyl (C=O) groups is 1. The predicted octanol–water partition coefficient (Wildman–Crippen LogP) is 2.37. The van der Waals surface area contributed by atoms with Crippen molar-refractivity contribution in [1.29, 1.82) is 0 Å². The summed E-state index contributed by atoms with van der Waals surface area (Å²) in [5.74, 6) is -0.145. The zero-order chi connectivity index (χ0) is 14.8. The van der Waals surface area contributed by atoms with Gasteiger partial charge < -0.3 is 10.0 Å². The molecule has 0 aromatic carbocycles. The van der Waals surface area contributed by atoms with E-state index in [1.807, 2.05) is 6.07 Å². The van der Waals surface area contributed by atoms with Gasteiger partial charge in [0.2, 0.25) is 0 Å². The molecule has 1 N–H and O–H groups in total. The van der Waals surface area contributed by atoms with E-state index in [1.165, 1.54) is 0 Å². The highest BCUT2D eigenvalue weighted by atomic mass is 16.4. The maximum absolute atomic E-state index is 11.1. The second kappa shape index (κ2) is 5.77. The lowest BCUT2D eigenvalue weighted by Gasteiger charge is -2.31. The van der Waals surface area contributed by atoms with Gasteiger partial charge in [-0.1, -0.05) is 20.8 Å². The van der Waals surface area contributed by atoms with Crippen LogP contribution in [0.2, 0.25) is 0 Å². The molecule has 1 aliphatic rings. The average molecular weight is 277 g/mol. The van der Waals surface area contributed by atoms with Crippen LogP contribution in [0.4, 0.5) is 5.82 Å². The predicted molar refractivity (Wildman–Crippen MR) is 77.8 cm³/mol. The molecule has 1 unspecified atom stereocenters. The third-order valence-electron chi connectivity index (χ3n) is 3.52. The quantitative estimate of drug-likeness (QED) is 0.918. The van der Waals surface area contributed by atoms with Crippen molar-refractivity contribution in [3.8, 4) is 0 Å². The van der Waals surface area contributed by atoms with Gasteiger partial charge >= 0.3 is 5.97 Å². The highest BCUT2D eigenvalue weighted by Crippen LogP contribution is 2.24. The molecule has 1 saturated heterocycles. The largest absolute Gasteiger partial charge is 0.481 e. The summed E-state index contributed by atoms with van der Waals surface area (Å²) >= 11 is 0. The van der Waals surface area contributed by atoms with Crippen LogP contribution in [0, 0.1) is 11.3 Å². The van der Waals surface area contributed by atoms with Gasteiger partial charge in [0, 0.05) is 24.8 Å². The van der Waals surface area contributed by atoms with Crippen LogP contribution in [0.1, 0.15) is 39.3 Å². The van der Waals surface area contributed by atoms with Crippen molar-refractivity contribution in [3.05, 3.63) is 18.1 Å². The van der Waals surface area contributed by atoms with Gasteiger partial charge in [-0.3, -0.25) is 4.79 Å². The molecule has 0 spiro atoms. The van der Waals surface area contributed by atoms with E-state index in [2.05, 4.69) is 35.6 Å². The lowest BCUT2D eigenvalue weighted by molar-refractivity contribution is -0.141. The minimum absolute atomic E-state index is 0.178. The number of carboxylic acid groups (broad SMARTS) is 1. The highest BCUT2D eigenvalue weighted by molar-refractivity contribution is 5.71. The second-order valence-electron chi connectivity index (χ2n) is 6.73. The molecule has 0 aliphatic carbocycles. The number of aliphatic carboxylic acids is 1. The summed E-state index contributed by atoms with van der Waals surface area (Å²) in [6, 6.07) is 2.00. The Balaban J connectivity index is 2.12. The minimum Gasteiger partial charge on any atom is -0.481 e. The Hall–Kier alpha value is -1.65. The first-order chi connectivity index (χ1) is 9.35. The monoisotopic (exact) mass is 277 g/mol. The second-order valence-corrected chi connectivity index (χ2v) is 6.73. The van der Waals surface area contributed by atoms with E-state index < -0.39 is 5.97 Å². The maximum Gasteiger partial charge on any atom is 0.308 e. The van der Waals surface area contributed by atoms with Gasteiger partial charge in [-0.05, 0) is 24.7 Å². The summed E-state index contributed by atoms with van der Waals surface area (Å²) in [7, 11) is 0. The Morgan fingerprint density at radius 3 is 2.85 bits per heavy atom. The SMILES string of the molecule is CC(C)(C)Cc1cc(N2CCCC(C(=O)O)C2)ncn1. The van der Waals surface area contributed by atoms with Gasteiger partial charge in [0.25, 0.3) is 0 Å². The standard InChI is InChI=1S/C15H23N3O2/c1-15(2,3)8-12-7-13(17-10-16-12)18-6-4-5-11(9-18)14(19)20/h7,10-11H,4-6,8-9H2,1-3H3,(H,19,20). The van der Waals surface area contributed by atoms with Crippen molar-refractivity contribution < 1.29 is 9.90 Å². The number of hydrogen-bond acceptors (Lipinski definition) is 4. The molecule has 2 heterocycles. The molecule has 0 amide bonds. The van der Waals surface area contributed by atoms with Crippen LogP contribution < -0.4 is 4.90 Å². The highest BCUT2D eigenvalue weighted by Gasteiger charge is 2.26. The van der Waals surface area contributed by atoms with E-state index in [0.717, 1.165) is 37.3 Å². The number of anilines is 1. The smallest absolute Gasteiger partial charge is 0.308 e. The molecule has 1 atom stereocenters.